The second-order valence-corrected chi connectivity index (χ2v) is 12.7. The molecule has 40 heavy (non-hydrogen) atoms. The third kappa shape index (κ3) is 5.71. The number of hydrogen-bond donors (Lipinski definition) is 1. The van der Waals surface area contributed by atoms with Crippen molar-refractivity contribution >= 4 is 23.9 Å². The van der Waals surface area contributed by atoms with Crippen LogP contribution in [-0.4, -0.2) is 59.5 Å². The third-order valence-corrected chi connectivity index (χ3v) is 9.48. The van der Waals surface area contributed by atoms with Gasteiger partial charge in [-0.2, -0.15) is 0 Å². The highest BCUT2D eigenvalue weighted by Gasteiger charge is 2.64. The molecule has 0 aromatic rings. The topological polar surface area (TPSA) is 125 Å². The Morgan fingerprint density at radius 2 is 1.57 bits per heavy atom. The van der Waals surface area contributed by atoms with Crippen molar-refractivity contribution in [2.75, 3.05) is 0 Å². The second-order valence-electron chi connectivity index (χ2n) is 12.7. The Morgan fingerprint density at radius 3 is 2.10 bits per heavy atom. The lowest BCUT2D eigenvalue weighted by molar-refractivity contribution is -0.203. The average molecular weight is 563 g/mol. The van der Waals surface area contributed by atoms with Crippen LogP contribution in [-0.2, 0) is 38.1 Å². The molecule has 2 fully saturated rings. The highest BCUT2D eigenvalue weighted by molar-refractivity contribution is 5.72. The first-order chi connectivity index (χ1) is 18.5. The number of aliphatic hydroxyl groups excluding tert-OH is 1. The zero-order chi connectivity index (χ0) is 30.3. The number of hydrogen-bond acceptors (Lipinski definition) is 9. The van der Waals surface area contributed by atoms with Crippen LogP contribution in [0.4, 0.5) is 0 Å². The summed E-state index contributed by atoms with van der Waals surface area (Å²) in [5.41, 5.74) is 0.259. The minimum Gasteiger partial charge on any atom is -0.461 e. The average Bonchev–Trinajstić information content (AvgIpc) is 2.82. The molecule has 0 aromatic heterocycles. The first-order valence-corrected chi connectivity index (χ1v) is 14.3. The summed E-state index contributed by atoms with van der Waals surface area (Å²) in [7, 11) is 0. The van der Waals surface area contributed by atoms with Gasteiger partial charge in [0.25, 0.3) is 0 Å². The molecule has 9 nitrogen and oxygen atoms in total. The molecule has 0 unspecified atom stereocenters. The van der Waals surface area contributed by atoms with Gasteiger partial charge in [-0.15, -0.1) is 0 Å². The van der Waals surface area contributed by atoms with E-state index in [-0.39, 0.29) is 11.9 Å². The molecule has 0 aliphatic heterocycles. The largest absolute Gasteiger partial charge is 0.461 e. The van der Waals surface area contributed by atoms with E-state index in [9.17, 15) is 24.3 Å². The lowest BCUT2D eigenvalue weighted by Crippen LogP contribution is -2.65. The first kappa shape index (κ1) is 31.8. The van der Waals surface area contributed by atoms with Crippen LogP contribution in [0.1, 0.15) is 88.0 Å². The summed E-state index contributed by atoms with van der Waals surface area (Å²) in [5.74, 6) is -3.48. The zero-order valence-corrected chi connectivity index (χ0v) is 25.4. The number of carbonyl (C=O) groups excluding carboxylic acids is 4. The SMILES string of the molecule is C=C1[C@@H](OC(C)=O)CC[C@@]2(C)[C@@H](O)[C@H](OC(C)=O)C3=C(C)C[C@H](OC(=O)[C@H](C)CC)[C@@H]([C@@H](OC(C)=O)[C@H]12)C3(C)C. The van der Waals surface area contributed by atoms with E-state index in [2.05, 4.69) is 6.58 Å². The zero-order valence-electron chi connectivity index (χ0n) is 25.4. The Morgan fingerprint density at radius 1 is 1.00 bits per heavy atom. The molecule has 2 saturated carbocycles. The van der Waals surface area contributed by atoms with Crippen LogP contribution in [0, 0.1) is 28.6 Å². The van der Waals surface area contributed by atoms with Gasteiger partial charge in [0.1, 0.15) is 30.5 Å². The fraction of sp³-hybridized carbons (Fsp3) is 0.742. The molecule has 1 N–H and O–H groups in total. The van der Waals surface area contributed by atoms with Gasteiger partial charge in [-0.05, 0) is 42.7 Å². The number of aliphatic hydroxyl groups is 1. The van der Waals surface area contributed by atoms with Gasteiger partial charge in [-0.3, -0.25) is 19.2 Å². The summed E-state index contributed by atoms with van der Waals surface area (Å²) in [5, 5.41) is 12.1. The summed E-state index contributed by atoms with van der Waals surface area (Å²) >= 11 is 0. The lowest BCUT2D eigenvalue weighted by Gasteiger charge is -2.60. The van der Waals surface area contributed by atoms with Gasteiger partial charge in [0.2, 0.25) is 0 Å². The van der Waals surface area contributed by atoms with Crippen LogP contribution in [0.2, 0.25) is 0 Å². The van der Waals surface area contributed by atoms with Gasteiger partial charge in [0.05, 0.1) is 5.92 Å². The van der Waals surface area contributed by atoms with Crippen LogP contribution in [0.5, 0.6) is 0 Å². The van der Waals surface area contributed by atoms with Crippen molar-refractivity contribution < 1.29 is 43.2 Å². The van der Waals surface area contributed by atoms with Gasteiger partial charge in [-0.1, -0.05) is 46.8 Å². The number of ether oxygens (including phenoxy) is 4. The molecule has 0 spiro atoms. The highest BCUT2D eigenvalue weighted by Crippen LogP contribution is 2.60. The van der Waals surface area contributed by atoms with E-state index in [1.807, 2.05) is 41.5 Å². The Hall–Kier alpha value is -2.68. The Bertz CT molecular complexity index is 1090. The maximum absolute atomic E-state index is 13.1. The van der Waals surface area contributed by atoms with Gasteiger partial charge in [-0.25, -0.2) is 0 Å². The Kier molecular flexibility index (Phi) is 9.29. The van der Waals surface area contributed by atoms with E-state index in [1.54, 1.807) is 0 Å². The van der Waals surface area contributed by atoms with Crippen LogP contribution < -0.4 is 0 Å². The quantitative estimate of drug-likeness (QED) is 0.284. The lowest BCUT2D eigenvalue weighted by atomic mass is 9.49. The summed E-state index contributed by atoms with van der Waals surface area (Å²) in [6.07, 6.45) is -2.67. The van der Waals surface area contributed by atoms with Crippen LogP contribution in [0.25, 0.3) is 0 Å². The van der Waals surface area contributed by atoms with E-state index >= 15 is 0 Å². The van der Waals surface area contributed by atoms with Crippen LogP contribution in [0.3, 0.4) is 0 Å². The molecule has 9 atom stereocenters. The minimum absolute atomic E-state index is 0.317. The van der Waals surface area contributed by atoms with E-state index in [4.69, 9.17) is 18.9 Å². The van der Waals surface area contributed by atoms with Gasteiger partial charge >= 0.3 is 23.9 Å². The summed E-state index contributed by atoms with van der Waals surface area (Å²) < 4.78 is 23.8. The smallest absolute Gasteiger partial charge is 0.308 e. The maximum Gasteiger partial charge on any atom is 0.308 e. The van der Waals surface area contributed by atoms with Crippen LogP contribution in [0.15, 0.2) is 23.3 Å². The van der Waals surface area contributed by atoms with Gasteiger partial charge < -0.3 is 24.1 Å². The van der Waals surface area contributed by atoms with Crippen molar-refractivity contribution in [1.82, 2.24) is 0 Å². The van der Waals surface area contributed by atoms with E-state index in [0.717, 1.165) is 11.1 Å². The van der Waals surface area contributed by atoms with Crippen molar-refractivity contribution in [1.29, 1.82) is 0 Å². The summed E-state index contributed by atoms with van der Waals surface area (Å²) in [4.78, 5) is 50.2. The van der Waals surface area contributed by atoms with Crippen molar-refractivity contribution in [2.45, 2.75) is 119 Å². The molecule has 3 aliphatic carbocycles. The molecule has 9 heteroatoms. The molecular weight excluding hydrogens is 516 g/mol. The van der Waals surface area contributed by atoms with Crippen molar-refractivity contribution in [3.05, 3.63) is 23.3 Å². The molecular formula is C31H46O9. The molecule has 0 heterocycles. The highest BCUT2D eigenvalue weighted by atomic mass is 16.6. The summed E-state index contributed by atoms with van der Waals surface area (Å²) in [6.45, 7) is 19.6. The third-order valence-electron chi connectivity index (χ3n) is 9.48. The fourth-order valence-electron chi connectivity index (χ4n) is 7.52. The molecule has 224 valence electrons. The van der Waals surface area contributed by atoms with E-state index < -0.39 is 71.1 Å². The fourth-order valence-corrected chi connectivity index (χ4v) is 7.52. The van der Waals surface area contributed by atoms with Crippen molar-refractivity contribution in [3.63, 3.8) is 0 Å². The molecule has 2 bridgehead atoms. The van der Waals surface area contributed by atoms with Crippen molar-refractivity contribution in [2.24, 2.45) is 28.6 Å². The molecule has 3 rings (SSSR count). The molecule has 0 radical (unpaired) electrons. The minimum atomic E-state index is -1.18. The standard InChI is InChI=1S/C31H46O9/c1-11-15(2)29(36)40-22-14-16(3)23-27(39-20(7)34)28(35)31(10)13-12-21(37-18(5)32)17(4)24(31)26(38-19(6)33)25(22)30(23,8)9/h15,21-22,24-28,35H,4,11-14H2,1-3,5-10H3/t15-,21+,22+,24+,25+,26+,27-,28+,31-/m1/s1. The maximum atomic E-state index is 13.1. The molecule has 0 saturated heterocycles. The number of rotatable bonds is 6. The first-order valence-electron chi connectivity index (χ1n) is 14.3. The molecule has 3 aliphatic rings. The van der Waals surface area contributed by atoms with Crippen molar-refractivity contribution in [3.8, 4) is 0 Å². The Labute approximate surface area is 237 Å². The van der Waals surface area contributed by atoms with Crippen LogP contribution >= 0.6 is 0 Å². The summed E-state index contributed by atoms with van der Waals surface area (Å²) in [6, 6.07) is 0. The van der Waals surface area contributed by atoms with E-state index in [0.29, 0.717) is 31.3 Å². The predicted octanol–water partition coefficient (Wildman–Crippen LogP) is 4.45. The molecule has 0 aromatic carbocycles. The monoisotopic (exact) mass is 562 g/mol. The second kappa shape index (κ2) is 11.7. The normalized spacial score (nSPS) is 35.9. The number of esters is 4. The number of carbonyl (C=O) groups is 4. The molecule has 0 amide bonds. The number of fused-ring (bicyclic) bond motifs is 3. The van der Waals surface area contributed by atoms with Gasteiger partial charge in [0.15, 0.2) is 0 Å². The van der Waals surface area contributed by atoms with Gasteiger partial charge in [0, 0.05) is 44.4 Å². The predicted molar refractivity (Wildman–Crippen MR) is 147 cm³/mol. The Balaban J connectivity index is 2.33. The van der Waals surface area contributed by atoms with E-state index in [1.165, 1.54) is 20.8 Å².